The zero-order valence-corrected chi connectivity index (χ0v) is 21.7. The highest BCUT2D eigenvalue weighted by Gasteiger charge is 2.42. The fourth-order valence-corrected chi connectivity index (χ4v) is 7.53. The van der Waals surface area contributed by atoms with Crippen LogP contribution in [-0.2, 0) is 22.6 Å². The second kappa shape index (κ2) is 9.46. The smallest absolute Gasteiger partial charge is 0.219 e. The Balaban J connectivity index is 1.27. The van der Waals surface area contributed by atoms with E-state index in [9.17, 15) is 9.59 Å². The molecule has 7 nitrogen and oxygen atoms in total. The second-order valence-corrected chi connectivity index (χ2v) is 11.7. The number of aryl methyl sites for hydroxylation is 2. The standard InChI is InChI=1S/C26H37N5O2S/c1-16-5-8-26(34-16)23(28-18(3)32)9-12-30-20-6-7-21(30)14-22(13-20)31-17(2)27-24-15-29(19(4)33)11-10-25(24)31/h5,8,20-23H,6-7,9-15H2,1-4H3,(H,28,32)/t20-,21+,22?,23-/m0/s1. The molecule has 0 aromatic carbocycles. The SMILES string of the molecule is CC(=O)N[C@@H](CCN1[C@@H]2CC[C@H]1CC(n1c(C)nc3c1CCN(C(C)=O)C3)C2)c1ccc(C)s1. The highest BCUT2D eigenvalue weighted by atomic mass is 32.1. The molecule has 5 rings (SSSR count). The summed E-state index contributed by atoms with van der Waals surface area (Å²) in [7, 11) is 0. The molecule has 2 aromatic heterocycles. The van der Waals surface area contributed by atoms with E-state index < -0.39 is 0 Å². The van der Waals surface area contributed by atoms with Crippen LogP contribution >= 0.6 is 11.3 Å². The molecule has 0 radical (unpaired) electrons. The number of aromatic nitrogens is 2. The van der Waals surface area contributed by atoms with Crippen molar-refractivity contribution in [3.8, 4) is 0 Å². The van der Waals surface area contributed by atoms with E-state index >= 15 is 0 Å². The van der Waals surface area contributed by atoms with E-state index in [0.29, 0.717) is 24.7 Å². The molecule has 184 valence electrons. The minimum atomic E-state index is 0.0430. The number of hydrogen-bond donors (Lipinski definition) is 1. The lowest BCUT2D eigenvalue weighted by Crippen LogP contribution is -2.45. The molecule has 2 bridgehead atoms. The third-order valence-electron chi connectivity index (χ3n) is 8.06. The first kappa shape index (κ1) is 23.5. The van der Waals surface area contributed by atoms with Gasteiger partial charge >= 0.3 is 0 Å². The predicted molar refractivity (Wildman–Crippen MR) is 134 cm³/mol. The topological polar surface area (TPSA) is 70.5 Å². The highest BCUT2D eigenvalue weighted by molar-refractivity contribution is 7.12. The van der Waals surface area contributed by atoms with Gasteiger partial charge in [-0.05, 0) is 58.1 Å². The molecule has 0 saturated carbocycles. The summed E-state index contributed by atoms with van der Waals surface area (Å²) in [6.45, 7) is 10.00. The first-order chi connectivity index (χ1) is 16.3. The molecule has 34 heavy (non-hydrogen) atoms. The van der Waals surface area contributed by atoms with E-state index in [1.165, 1.54) is 41.1 Å². The molecule has 2 amide bonds. The average Bonchev–Trinajstić information content (AvgIpc) is 3.42. The summed E-state index contributed by atoms with van der Waals surface area (Å²) in [4.78, 5) is 35.8. The number of carbonyl (C=O) groups is 2. The minimum absolute atomic E-state index is 0.0430. The lowest BCUT2D eigenvalue weighted by atomic mass is 9.95. The maximum Gasteiger partial charge on any atom is 0.219 e. The summed E-state index contributed by atoms with van der Waals surface area (Å²) in [6, 6.07) is 6.11. The van der Waals surface area contributed by atoms with Crippen LogP contribution in [0.1, 0.15) is 85.0 Å². The predicted octanol–water partition coefficient (Wildman–Crippen LogP) is 3.90. The van der Waals surface area contributed by atoms with Gasteiger partial charge in [0.1, 0.15) is 5.82 Å². The maximum atomic E-state index is 11.9. The number of fused-ring (bicyclic) bond motifs is 3. The van der Waals surface area contributed by atoms with Crippen LogP contribution in [0.3, 0.4) is 0 Å². The fourth-order valence-electron chi connectivity index (χ4n) is 6.56. The van der Waals surface area contributed by atoms with Crippen molar-refractivity contribution in [2.75, 3.05) is 13.1 Å². The van der Waals surface area contributed by atoms with Crippen molar-refractivity contribution in [3.05, 3.63) is 39.1 Å². The lowest BCUT2D eigenvalue weighted by Gasteiger charge is -2.41. The Morgan fingerprint density at radius 2 is 1.88 bits per heavy atom. The maximum absolute atomic E-state index is 11.9. The molecule has 3 aliphatic heterocycles. The Morgan fingerprint density at radius 3 is 2.50 bits per heavy atom. The van der Waals surface area contributed by atoms with Crippen LogP contribution in [-0.4, -0.2) is 56.3 Å². The number of nitrogens with zero attached hydrogens (tertiary/aromatic N) is 4. The number of carbonyl (C=O) groups excluding carboxylic acids is 2. The summed E-state index contributed by atoms with van der Waals surface area (Å²) in [5.74, 6) is 1.29. The molecule has 1 N–H and O–H groups in total. The zero-order valence-electron chi connectivity index (χ0n) is 20.8. The van der Waals surface area contributed by atoms with Crippen LogP contribution in [0, 0.1) is 13.8 Å². The van der Waals surface area contributed by atoms with E-state index in [-0.39, 0.29) is 17.9 Å². The van der Waals surface area contributed by atoms with E-state index in [1.54, 1.807) is 25.2 Å². The molecule has 0 aliphatic carbocycles. The van der Waals surface area contributed by atoms with Gasteiger partial charge in [-0.15, -0.1) is 11.3 Å². The zero-order chi connectivity index (χ0) is 24.0. The number of amides is 2. The Morgan fingerprint density at radius 1 is 1.15 bits per heavy atom. The van der Waals surface area contributed by atoms with Crippen LogP contribution in [0.15, 0.2) is 12.1 Å². The van der Waals surface area contributed by atoms with Gasteiger partial charge in [0.05, 0.1) is 18.3 Å². The molecule has 1 unspecified atom stereocenters. The molecule has 2 fully saturated rings. The van der Waals surface area contributed by atoms with Crippen LogP contribution in [0.4, 0.5) is 0 Å². The molecular formula is C26H37N5O2S. The molecule has 0 spiro atoms. The number of thiophene rings is 1. The third-order valence-corrected chi connectivity index (χ3v) is 9.17. The van der Waals surface area contributed by atoms with Crippen LogP contribution < -0.4 is 5.32 Å². The van der Waals surface area contributed by atoms with E-state index in [4.69, 9.17) is 4.98 Å². The first-order valence-corrected chi connectivity index (χ1v) is 13.5. The van der Waals surface area contributed by atoms with Crippen molar-refractivity contribution >= 4 is 23.2 Å². The van der Waals surface area contributed by atoms with Gasteiger partial charge in [0.15, 0.2) is 0 Å². The lowest BCUT2D eigenvalue weighted by molar-refractivity contribution is -0.129. The van der Waals surface area contributed by atoms with E-state index in [2.05, 4.69) is 40.8 Å². The molecule has 2 saturated heterocycles. The van der Waals surface area contributed by atoms with Gasteiger partial charge in [-0.3, -0.25) is 14.5 Å². The van der Waals surface area contributed by atoms with Gasteiger partial charge in [-0.1, -0.05) is 0 Å². The van der Waals surface area contributed by atoms with Gasteiger partial charge in [0, 0.05) is 66.9 Å². The summed E-state index contributed by atoms with van der Waals surface area (Å²) in [5, 5.41) is 3.19. The fraction of sp³-hybridized carbons (Fsp3) is 0.654. The van der Waals surface area contributed by atoms with Gasteiger partial charge in [-0.2, -0.15) is 0 Å². The van der Waals surface area contributed by atoms with E-state index in [0.717, 1.165) is 37.4 Å². The van der Waals surface area contributed by atoms with Crippen molar-refractivity contribution in [1.29, 1.82) is 0 Å². The largest absolute Gasteiger partial charge is 0.349 e. The first-order valence-electron chi connectivity index (χ1n) is 12.7. The molecule has 5 heterocycles. The van der Waals surface area contributed by atoms with Crippen LogP contribution in [0.5, 0.6) is 0 Å². The number of piperidine rings is 1. The Hall–Kier alpha value is -2.19. The van der Waals surface area contributed by atoms with Crippen molar-refractivity contribution in [1.82, 2.24) is 24.7 Å². The number of rotatable bonds is 6. The Bertz CT molecular complexity index is 1060. The Labute approximate surface area is 206 Å². The van der Waals surface area contributed by atoms with Gasteiger partial charge in [-0.25, -0.2) is 4.98 Å². The Kier molecular flexibility index (Phi) is 6.55. The number of hydrogen-bond acceptors (Lipinski definition) is 5. The van der Waals surface area contributed by atoms with Gasteiger partial charge in [0.25, 0.3) is 0 Å². The summed E-state index contributed by atoms with van der Waals surface area (Å²) in [6.07, 6.45) is 6.72. The second-order valence-electron chi connectivity index (χ2n) is 10.4. The van der Waals surface area contributed by atoms with Crippen molar-refractivity contribution < 1.29 is 9.59 Å². The van der Waals surface area contributed by atoms with Crippen LogP contribution in [0.25, 0.3) is 0 Å². The number of nitrogens with one attached hydrogen (secondary N) is 1. The summed E-state index contributed by atoms with van der Waals surface area (Å²) < 4.78 is 2.52. The van der Waals surface area contributed by atoms with Crippen molar-refractivity contribution in [3.63, 3.8) is 0 Å². The van der Waals surface area contributed by atoms with E-state index in [1.807, 2.05) is 4.90 Å². The van der Waals surface area contributed by atoms with Crippen LogP contribution in [0.2, 0.25) is 0 Å². The highest BCUT2D eigenvalue weighted by Crippen LogP contribution is 2.43. The minimum Gasteiger partial charge on any atom is -0.349 e. The normalized spacial score (nSPS) is 25.3. The quantitative estimate of drug-likeness (QED) is 0.677. The molecule has 8 heteroatoms. The molecule has 2 aromatic rings. The van der Waals surface area contributed by atoms with Gasteiger partial charge in [0.2, 0.25) is 11.8 Å². The number of imidazole rings is 1. The van der Waals surface area contributed by atoms with Crippen molar-refractivity contribution in [2.24, 2.45) is 0 Å². The monoisotopic (exact) mass is 483 g/mol. The summed E-state index contributed by atoms with van der Waals surface area (Å²) in [5.41, 5.74) is 2.45. The van der Waals surface area contributed by atoms with Gasteiger partial charge < -0.3 is 14.8 Å². The third kappa shape index (κ3) is 4.54. The van der Waals surface area contributed by atoms with Crippen molar-refractivity contribution in [2.45, 2.75) is 96.9 Å². The molecule has 4 atom stereocenters. The molecule has 3 aliphatic rings. The molecular weight excluding hydrogens is 446 g/mol. The average molecular weight is 484 g/mol. The summed E-state index contributed by atoms with van der Waals surface area (Å²) >= 11 is 1.79.